The Morgan fingerprint density at radius 1 is 1.33 bits per heavy atom. The second-order valence-corrected chi connectivity index (χ2v) is 5.72. The molecule has 1 N–H and O–H groups in total. The van der Waals surface area contributed by atoms with E-state index in [0.717, 1.165) is 10.8 Å². The van der Waals surface area contributed by atoms with E-state index in [1.165, 1.54) is 35.6 Å². The molecule has 0 fully saturated rings. The fourth-order valence-electron chi connectivity index (χ4n) is 2.04. The van der Waals surface area contributed by atoms with Crippen molar-refractivity contribution in [3.63, 3.8) is 0 Å². The maximum Gasteiger partial charge on any atom is 0.269 e. The molecule has 24 heavy (non-hydrogen) atoms. The minimum absolute atomic E-state index is 0.0415. The Labute approximate surface area is 140 Å². The number of thiazole rings is 1. The van der Waals surface area contributed by atoms with Crippen molar-refractivity contribution in [1.82, 2.24) is 20.1 Å². The average molecular weight is 343 g/mol. The Bertz CT molecular complexity index is 842. The van der Waals surface area contributed by atoms with E-state index in [1.54, 1.807) is 10.9 Å². The molecule has 0 aliphatic rings. The molecule has 1 aromatic carbocycles. The minimum atomic E-state index is -0.499. The lowest BCUT2D eigenvalue weighted by Gasteiger charge is -2.03. The lowest BCUT2D eigenvalue weighted by Crippen LogP contribution is -2.25. The van der Waals surface area contributed by atoms with Gasteiger partial charge in [0.1, 0.15) is 0 Å². The number of hydrogen-bond acceptors (Lipinski definition) is 6. The Balaban J connectivity index is 1.52. The molecule has 9 heteroatoms. The van der Waals surface area contributed by atoms with Gasteiger partial charge < -0.3 is 5.32 Å². The molecule has 8 nitrogen and oxygen atoms in total. The van der Waals surface area contributed by atoms with Crippen LogP contribution in [0.2, 0.25) is 0 Å². The Morgan fingerprint density at radius 3 is 2.79 bits per heavy atom. The first kappa shape index (κ1) is 15.8. The second kappa shape index (κ2) is 7.01. The molecule has 0 bridgehead atoms. The van der Waals surface area contributed by atoms with Gasteiger partial charge in [-0.1, -0.05) is 0 Å². The maximum atomic E-state index is 12.0. The van der Waals surface area contributed by atoms with E-state index in [4.69, 9.17) is 0 Å². The summed E-state index contributed by atoms with van der Waals surface area (Å²) in [4.78, 5) is 26.5. The summed E-state index contributed by atoms with van der Waals surface area (Å²) in [5.41, 5.74) is 1.21. The highest BCUT2D eigenvalue weighted by atomic mass is 32.1. The monoisotopic (exact) mass is 343 g/mol. The molecule has 0 saturated heterocycles. The molecule has 2 heterocycles. The van der Waals surface area contributed by atoms with E-state index in [1.807, 2.05) is 17.6 Å². The minimum Gasteiger partial charge on any atom is -0.352 e. The Hall–Kier alpha value is -3.07. The molecular weight excluding hydrogens is 330 g/mol. The number of nitrogens with zero attached hydrogens (tertiary/aromatic N) is 4. The third-order valence-corrected chi connectivity index (χ3v) is 4.13. The summed E-state index contributed by atoms with van der Waals surface area (Å²) in [6.07, 6.45) is 4.10. The van der Waals surface area contributed by atoms with Crippen LogP contribution >= 0.6 is 11.3 Å². The number of rotatable bonds is 6. The fourth-order valence-corrected chi connectivity index (χ4v) is 2.84. The summed E-state index contributed by atoms with van der Waals surface area (Å²) in [5.74, 6) is -0.271. The predicted octanol–water partition coefficient (Wildman–Crippen LogP) is 2.21. The Kier molecular flexibility index (Phi) is 4.62. The zero-order valence-corrected chi connectivity index (χ0v) is 13.3. The van der Waals surface area contributed by atoms with E-state index >= 15 is 0 Å². The molecule has 0 spiro atoms. The number of nitro benzene ring substituents is 1. The van der Waals surface area contributed by atoms with Gasteiger partial charge in [0.05, 0.1) is 10.6 Å². The van der Waals surface area contributed by atoms with Gasteiger partial charge in [0.2, 0.25) is 5.13 Å². The molecule has 3 aromatic rings. The van der Waals surface area contributed by atoms with Crippen LogP contribution in [0.1, 0.15) is 16.1 Å². The third-order valence-electron chi connectivity index (χ3n) is 3.25. The zero-order valence-electron chi connectivity index (χ0n) is 12.5. The van der Waals surface area contributed by atoms with Crippen molar-refractivity contribution in [3.05, 3.63) is 69.5 Å². The van der Waals surface area contributed by atoms with Gasteiger partial charge in [0, 0.05) is 48.4 Å². The lowest BCUT2D eigenvalue weighted by atomic mass is 10.2. The van der Waals surface area contributed by atoms with Gasteiger partial charge in [-0.25, -0.2) is 9.67 Å². The maximum absolute atomic E-state index is 12.0. The number of non-ortho nitro benzene ring substituents is 1. The normalized spacial score (nSPS) is 10.5. The van der Waals surface area contributed by atoms with Crippen molar-refractivity contribution in [3.8, 4) is 5.13 Å². The number of hydrogen-bond donors (Lipinski definition) is 1. The molecule has 2 aromatic heterocycles. The van der Waals surface area contributed by atoms with Crippen molar-refractivity contribution in [1.29, 1.82) is 0 Å². The highest BCUT2D eigenvalue weighted by Crippen LogP contribution is 2.14. The van der Waals surface area contributed by atoms with Crippen LogP contribution in [0, 0.1) is 10.1 Å². The first-order valence-electron chi connectivity index (χ1n) is 7.10. The number of nitrogens with one attached hydrogen (secondary N) is 1. The van der Waals surface area contributed by atoms with Crippen LogP contribution in [0.3, 0.4) is 0 Å². The lowest BCUT2D eigenvalue weighted by molar-refractivity contribution is -0.384. The fraction of sp³-hybridized carbons (Fsp3) is 0.133. The molecule has 0 atom stereocenters. The molecule has 3 rings (SSSR count). The van der Waals surface area contributed by atoms with Crippen LogP contribution in [-0.4, -0.2) is 32.1 Å². The number of carbonyl (C=O) groups is 1. The number of nitro groups is 1. The largest absolute Gasteiger partial charge is 0.352 e. The van der Waals surface area contributed by atoms with Crippen molar-refractivity contribution in [2.24, 2.45) is 0 Å². The van der Waals surface area contributed by atoms with Crippen LogP contribution in [0.15, 0.2) is 48.1 Å². The molecule has 0 radical (unpaired) electrons. The van der Waals surface area contributed by atoms with Gasteiger partial charge >= 0.3 is 0 Å². The smallest absolute Gasteiger partial charge is 0.269 e. The SMILES string of the molecule is O=C(NCCc1csc(-n2cccn2)n1)c1ccc([N+](=O)[O-])cc1. The quantitative estimate of drug-likeness (QED) is 0.546. The predicted molar refractivity (Wildman–Crippen MR) is 88.4 cm³/mol. The number of aromatic nitrogens is 3. The van der Waals surface area contributed by atoms with Crippen LogP contribution in [0.25, 0.3) is 5.13 Å². The van der Waals surface area contributed by atoms with Crippen molar-refractivity contribution in [2.75, 3.05) is 6.54 Å². The number of carbonyl (C=O) groups excluding carboxylic acids is 1. The molecular formula is C15H13N5O3S. The van der Waals surface area contributed by atoms with E-state index in [2.05, 4.69) is 15.4 Å². The molecule has 0 aliphatic carbocycles. The Morgan fingerprint density at radius 2 is 2.12 bits per heavy atom. The summed E-state index contributed by atoms with van der Waals surface area (Å²) in [6.45, 7) is 0.429. The van der Waals surface area contributed by atoms with Crippen LogP contribution in [-0.2, 0) is 6.42 Å². The van der Waals surface area contributed by atoms with E-state index < -0.39 is 4.92 Å². The van der Waals surface area contributed by atoms with Crippen molar-refractivity contribution >= 4 is 22.9 Å². The molecule has 0 aliphatic heterocycles. The molecule has 0 unspecified atom stereocenters. The van der Waals surface area contributed by atoms with Gasteiger partial charge in [0.15, 0.2) is 0 Å². The van der Waals surface area contributed by atoms with Gasteiger partial charge in [0.25, 0.3) is 11.6 Å². The summed E-state index contributed by atoms with van der Waals surface area (Å²) >= 11 is 1.48. The van der Waals surface area contributed by atoms with Gasteiger partial charge in [-0.05, 0) is 18.2 Å². The van der Waals surface area contributed by atoms with E-state index in [0.29, 0.717) is 18.5 Å². The topological polar surface area (TPSA) is 103 Å². The average Bonchev–Trinajstić information content (AvgIpc) is 3.26. The molecule has 0 saturated carbocycles. The number of benzene rings is 1. The van der Waals surface area contributed by atoms with Gasteiger partial charge in [-0.15, -0.1) is 11.3 Å². The summed E-state index contributed by atoms with van der Waals surface area (Å²) in [6, 6.07) is 7.32. The van der Waals surface area contributed by atoms with Gasteiger partial charge in [-0.3, -0.25) is 14.9 Å². The standard InChI is InChI=1S/C15H13N5O3S/c21-14(11-2-4-13(5-3-11)20(22)23)16-8-6-12-10-24-15(18-12)19-9-1-7-17-19/h1-5,7,9-10H,6,8H2,(H,16,21). The van der Waals surface area contributed by atoms with Crippen LogP contribution < -0.4 is 5.32 Å². The second-order valence-electron chi connectivity index (χ2n) is 4.88. The van der Waals surface area contributed by atoms with E-state index in [-0.39, 0.29) is 11.6 Å². The number of amides is 1. The van der Waals surface area contributed by atoms with E-state index in [9.17, 15) is 14.9 Å². The summed E-state index contributed by atoms with van der Waals surface area (Å²) in [7, 11) is 0. The van der Waals surface area contributed by atoms with Crippen molar-refractivity contribution in [2.45, 2.75) is 6.42 Å². The van der Waals surface area contributed by atoms with Crippen LogP contribution in [0.4, 0.5) is 5.69 Å². The third kappa shape index (κ3) is 3.63. The van der Waals surface area contributed by atoms with Gasteiger partial charge in [-0.2, -0.15) is 5.10 Å². The summed E-state index contributed by atoms with van der Waals surface area (Å²) in [5, 5.41) is 20.2. The van der Waals surface area contributed by atoms with Crippen molar-refractivity contribution < 1.29 is 9.72 Å². The zero-order chi connectivity index (χ0) is 16.9. The molecule has 1 amide bonds. The van der Waals surface area contributed by atoms with Crippen LogP contribution in [0.5, 0.6) is 0 Å². The summed E-state index contributed by atoms with van der Waals surface area (Å²) < 4.78 is 1.68. The first-order chi connectivity index (χ1) is 11.6. The highest BCUT2D eigenvalue weighted by molar-refractivity contribution is 7.12. The first-order valence-corrected chi connectivity index (χ1v) is 7.98. The molecule has 122 valence electrons. The highest BCUT2D eigenvalue weighted by Gasteiger charge is 2.10.